The van der Waals surface area contributed by atoms with E-state index in [4.69, 9.17) is 9.47 Å². The number of benzene rings is 1. The molecule has 0 unspecified atom stereocenters. The first-order valence-corrected chi connectivity index (χ1v) is 6.92. The second kappa shape index (κ2) is 5.31. The van der Waals surface area contributed by atoms with Crippen LogP contribution in [0.4, 0.5) is 0 Å². The lowest BCUT2D eigenvalue weighted by molar-refractivity contribution is -0.161. The Balaban J connectivity index is 1.50. The predicted molar refractivity (Wildman–Crippen MR) is 70.8 cm³/mol. The summed E-state index contributed by atoms with van der Waals surface area (Å²) >= 11 is 0. The molecule has 19 heavy (non-hydrogen) atoms. The van der Waals surface area contributed by atoms with Gasteiger partial charge in [0, 0.05) is 24.9 Å². The van der Waals surface area contributed by atoms with Gasteiger partial charge in [-0.3, -0.25) is 4.79 Å². The van der Waals surface area contributed by atoms with Crippen molar-refractivity contribution in [3.05, 3.63) is 35.9 Å². The predicted octanol–water partition coefficient (Wildman–Crippen LogP) is 2.10. The fourth-order valence-electron chi connectivity index (χ4n) is 2.79. The maximum Gasteiger partial charge on any atom is 0.251 e. The average molecular weight is 261 g/mol. The van der Waals surface area contributed by atoms with E-state index in [2.05, 4.69) is 5.32 Å². The summed E-state index contributed by atoms with van der Waals surface area (Å²) in [7, 11) is 0. The Hall–Kier alpha value is -1.39. The lowest BCUT2D eigenvalue weighted by Crippen LogP contribution is -2.35. The molecule has 1 saturated heterocycles. The van der Waals surface area contributed by atoms with Gasteiger partial charge < -0.3 is 14.8 Å². The van der Waals surface area contributed by atoms with Crippen LogP contribution in [0.25, 0.3) is 0 Å². The van der Waals surface area contributed by atoms with Crippen LogP contribution in [0.3, 0.4) is 0 Å². The van der Waals surface area contributed by atoms with Gasteiger partial charge >= 0.3 is 0 Å². The van der Waals surface area contributed by atoms with Gasteiger partial charge in [0.1, 0.15) is 6.10 Å². The van der Waals surface area contributed by atoms with Crippen LogP contribution in [0.2, 0.25) is 0 Å². The third-order valence-electron chi connectivity index (χ3n) is 3.81. The Labute approximate surface area is 113 Å². The number of amides is 1. The van der Waals surface area contributed by atoms with Gasteiger partial charge in [0.15, 0.2) is 5.79 Å². The van der Waals surface area contributed by atoms with Crippen molar-refractivity contribution in [3.8, 4) is 0 Å². The second-order valence-corrected chi connectivity index (χ2v) is 5.24. The van der Waals surface area contributed by atoms with Crippen LogP contribution in [-0.2, 0) is 9.47 Å². The van der Waals surface area contributed by atoms with Crippen LogP contribution in [0.1, 0.15) is 36.0 Å². The summed E-state index contributed by atoms with van der Waals surface area (Å²) in [5.74, 6) is -0.404. The van der Waals surface area contributed by atoms with Crippen LogP contribution in [-0.4, -0.2) is 30.9 Å². The van der Waals surface area contributed by atoms with Gasteiger partial charge in [0.05, 0.1) is 6.61 Å². The molecule has 1 aromatic carbocycles. The van der Waals surface area contributed by atoms with Crippen LogP contribution >= 0.6 is 0 Å². The molecule has 0 aromatic heterocycles. The summed E-state index contributed by atoms with van der Waals surface area (Å²) in [5.41, 5.74) is 0.678. The van der Waals surface area contributed by atoms with Crippen molar-refractivity contribution in [3.63, 3.8) is 0 Å². The van der Waals surface area contributed by atoms with E-state index in [0.717, 1.165) is 12.8 Å². The number of hydrogen-bond acceptors (Lipinski definition) is 3. The number of carbonyl (C=O) groups excluding carboxylic acids is 1. The summed E-state index contributed by atoms with van der Waals surface area (Å²) in [4.78, 5) is 11.9. The van der Waals surface area contributed by atoms with Crippen molar-refractivity contribution in [1.29, 1.82) is 0 Å². The molecule has 1 N–H and O–H groups in total. The van der Waals surface area contributed by atoms with Gasteiger partial charge in [0.2, 0.25) is 0 Å². The van der Waals surface area contributed by atoms with E-state index in [-0.39, 0.29) is 17.8 Å². The van der Waals surface area contributed by atoms with Crippen molar-refractivity contribution in [2.24, 2.45) is 0 Å². The van der Waals surface area contributed by atoms with E-state index in [1.807, 2.05) is 18.2 Å². The van der Waals surface area contributed by atoms with Gasteiger partial charge in [-0.25, -0.2) is 0 Å². The summed E-state index contributed by atoms with van der Waals surface area (Å²) in [6.07, 6.45) is 4.28. The normalized spacial score (nSPS) is 24.7. The summed E-state index contributed by atoms with van der Waals surface area (Å²) in [6, 6.07) is 9.23. The molecule has 1 aliphatic heterocycles. The SMILES string of the molecule is O=C(NC[C@H]1COC2(CCCC2)O1)c1ccccc1. The number of carbonyl (C=O) groups is 1. The molecule has 0 radical (unpaired) electrons. The van der Waals surface area contributed by atoms with E-state index in [1.54, 1.807) is 12.1 Å². The fourth-order valence-corrected chi connectivity index (χ4v) is 2.79. The first-order chi connectivity index (χ1) is 9.27. The highest BCUT2D eigenvalue weighted by Gasteiger charge is 2.43. The minimum atomic E-state index is -0.345. The van der Waals surface area contributed by atoms with E-state index in [9.17, 15) is 4.79 Å². The van der Waals surface area contributed by atoms with E-state index in [1.165, 1.54) is 12.8 Å². The second-order valence-electron chi connectivity index (χ2n) is 5.24. The zero-order valence-electron chi connectivity index (χ0n) is 10.9. The molecular weight excluding hydrogens is 242 g/mol. The van der Waals surface area contributed by atoms with Crippen molar-refractivity contribution in [2.75, 3.05) is 13.2 Å². The molecule has 1 aliphatic carbocycles. The van der Waals surface area contributed by atoms with Crippen LogP contribution < -0.4 is 5.32 Å². The zero-order valence-corrected chi connectivity index (χ0v) is 10.9. The third kappa shape index (κ3) is 2.80. The molecule has 4 nitrogen and oxygen atoms in total. The highest BCUT2D eigenvalue weighted by Crippen LogP contribution is 2.38. The van der Waals surface area contributed by atoms with Gasteiger partial charge in [-0.15, -0.1) is 0 Å². The molecule has 1 heterocycles. The quantitative estimate of drug-likeness (QED) is 0.906. The maximum absolute atomic E-state index is 11.9. The molecule has 2 aliphatic rings. The first kappa shape index (κ1) is 12.6. The Bertz CT molecular complexity index is 440. The van der Waals surface area contributed by atoms with Gasteiger partial charge in [-0.1, -0.05) is 18.2 Å². The summed E-state index contributed by atoms with van der Waals surface area (Å²) in [6.45, 7) is 1.09. The van der Waals surface area contributed by atoms with E-state index >= 15 is 0 Å². The fraction of sp³-hybridized carbons (Fsp3) is 0.533. The first-order valence-electron chi connectivity index (χ1n) is 6.92. The average Bonchev–Trinajstić information content (AvgIpc) is 3.08. The van der Waals surface area contributed by atoms with Crippen LogP contribution in [0, 0.1) is 0 Å². The molecule has 1 atom stereocenters. The molecule has 1 saturated carbocycles. The van der Waals surface area contributed by atoms with Crippen molar-refractivity contribution in [2.45, 2.75) is 37.6 Å². The zero-order chi connectivity index (χ0) is 13.1. The number of nitrogens with one attached hydrogen (secondary N) is 1. The van der Waals surface area contributed by atoms with E-state index < -0.39 is 0 Å². The molecule has 4 heteroatoms. The van der Waals surface area contributed by atoms with Gasteiger partial charge in [0.25, 0.3) is 5.91 Å². The molecule has 1 amide bonds. The Kier molecular flexibility index (Phi) is 3.53. The standard InChI is InChI=1S/C15H19NO3/c17-14(12-6-2-1-3-7-12)16-10-13-11-18-15(19-13)8-4-5-9-15/h1-3,6-7,13H,4-5,8-11H2,(H,16,17)/t13-/m0/s1. The number of rotatable bonds is 3. The molecule has 1 spiro atoms. The van der Waals surface area contributed by atoms with Crippen LogP contribution in [0.15, 0.2) is 30.3 Å². The Morgan fingerprint density at radius 1 is 1.26 bits per heavy atom. The lowest BCUT2D eigenvalue weighted by Gasteiger charge is -2.21. The molecule has 0 bridgehead atoms. The number of hydrogen-bond donors (Lipinski definition) is 1. The van der Waals surface area contributed by atoms with Gasteiger partial charge in [-0.05, 0) is 25.0 Å². The largest absolute Gasteiger partial charge is 0.349 e. The third-order valence-corrected chi connectivity index (χ3v) is 3.81. The molecule has 1 aromatic rings. The smallest absolute Gasteiger partial charge is 0.251 e. The summed E-state index contributed by atoms with van der Waals surface area (Å²) in [5, 5.41) is 2.90. The minimum absolute atomic E-state index is 0.0224. The van der Waals surface area contributed by atoms with Gasteiger partial charge in [-0.2, -0.15) is 0 Å². The van der Waals surface area contributed by atoms with Crippen molar-refractivity contribution < 1.29 is 14.3 Å². The molecule has 2 fully saturated rings. The highest BCUT2D eigenvalue weighted by molar-refractivity contribution is 5.94. The molecule has 3 rings (SSSR count). The number of ether oxygens (including phenoxy) is 2. The van der Waals surface area contributed by atoms with Crippen molar-refractivity contribution in [1.82, 2.24) is 5.32 Å². The molecular formula is C15H19NO3. The maximum atomic E-state index is 11.9. The topological polar surface area (TPSA) is 47.6 Å². The highest BCUT2D eigenvalue weighted by atomic mass is 16.7. The Morgan fingerprint density at radius 3 is 2.74 bits per heavy atom. The Morgan fingerprint density at radius 2 is 2.00 bits per heavy atom. The monoisotopic (exact) mass is 261 g/mol. The molecule has 102 valence electrons. The van der Waals surface area contributed by atoms with E-state index in [0.29, 0.717) is 18.7 Å². The summed E-state index contributed by atoms with van der Waals surface area (Å²) < 4.78 is 11.7. The van der Waals surface area contributed by atoms with Crippen molar-refractivity contribution >= 4 is 5.91 Å². The lowest BCUT2D eigenvalue weighted by atomic mass is 10.2. The minimum Gasteiger partial charge on any atom is -0.349 e. The van der Waals surface area contributed by atoms with Crippen LogP contribution in [0.5, 0.6) is 0 Å².